The molecule has 1 aromatic heterocycles. The number of piperidine rings is 1. The van der Waals surface area contributed by atoms with E-state index in [2.05, 4.69) is 20.4 Å². The smallest absolute Gasteiger partial charge is 0.241 e. The molecule has 4 rings (SSSR count). The van der Waals surface area contributed by atoms with E-state index in [-0.39, 0.29) is 11.8 Å². The zero-order valence-corrected chi connectivity index (χ0v) is 17.9. The van der Waals surface area contributed by atoms with Crippen LogP contribution < -0.4 is 5.32 Å². The van der Waals surface area contributed by atoms with Crippen LogP contribution in [-0.2, 0) is 11.3 Å². The zero-order valence-electron chi connectivity index (χ0n) is 17.2. The van der Waals surface area contributed by atoms with Gasteiger partial charge in [-0.05, 0) is 62.6 Å². The van der Waals surface area contributed by atoms with Gasteiger partial charge in [0.05, 0.1) is 12.5 Å². The lowest BCUT2D eigenvalue weighted by molar-refractivity contribution is -0.121. The fourth-order valence-electron chi connectivity index (χ4n) is 3.86. The first-order valence-electron chi connectivity index (χ1n) is 10.2. The van der Waals surface area contributed by atoms with Crippen molar-refractivity contribution in [1.82, 2.24) is 15.0 Å². The van der Waals surface area contributed by atoms with E-state index in [0.717, 1.165) is 41.8 Å². The minimum absolute atomic E-state index is 0.0382. The molecule has 1 N–H and O–H groups in total. The normalized spacial score (nSPS) is 17.1. The number of aryl methyl sites for hydroxylation is 2. The summed E-state index contributed by atoms with van der Waals surface area (Å²) in [6.45, 7) is 6.09. The number of halogens is 1. The molecule has 1 saturated heterocycles. The van der Waals surface area contributed by atoms with Gasteiger partial charge in [-0.3, -0.25) is 9.69 Å². The van der Waals surface area contributed by atoms with Crippen molar-refractivity contribution in [2.75, 3.05) is 18.4 Å². The van der Waals surface area contributed by atoms with Gasteiger partial charge in [0.25, 0.3) is 0 Å². The number of rotatable bonds is 5. The number of nitrogens with one attached hydrogen (secondary N) is 1. The molecule has 2 heterocycles. The van der Waals surface area contributed by atoms with Crippen LogP contribution >= 0.6 is 11.6 Å². The number of anilines is 1. The van der Waals surface area contributed by atoms with Crippen molar-refractivity contribution in [3.8, 4) is 11.4 Å². The predicted molar refractivity (Wildman–Crippen MR) is 117 cm³/mol. The van der Waals surface area contributed by atoms with Gasteiger partial charge in [0.15, 0.2) is 0 Å². The summed E-state index contributed by atoms with van der Waals surface area (Å²) in [5, 5.41) is 7.85. The minimum atomic E-state index is -0.0763. The number of carbonyl (C=O) groups excluding carboxylic acids is 1. The Morgan fingerprint density at radius 2 is 2.07 bits per heavy atom. The first-order valence-corrected chi connectivity index (χ1v) is 10.6. The van der Waals surface area contributed by atoms with E-state index < -0.39 is 0 Å². The Kier molecular flexibility index (Phi) is 6.16. The lowest BCUT2D eigenvalue weighted by Crippen LogP contribution is -2.40. The van der Waals surface area contributed by atoms with Crippen LogP contribution in [0.1, 0.15) is 29.9 Å². The predicted octanol–water partition coefficient (Wildman–Crippen LogP) is 4.86. The van der Waals surface area contributed by atoms with Gasteiger partial charge in [0, 0.05) is 22.8 Å². The van der Waals surface area contributed by atoms with E-state index in [0.29, 0.717) is 29.8 Å². The molecule has 7 heteroatoms. The number of benzene rings is 2. The van der Waals surface area contributed by atoms with Gasteiger partial charge >= 0.3 is 0 Å². The lowest BCUT2D eigenvalue weighted by Gasteiger charge is -2.31. The number of likely N-dealkylation sites (tertiary alicyclic amines) is 1. The Bertz CT molecular complexity index is 1050. The van der Waals surface area contributed by atoms with Crippen molar-refractivity contribution in [2.24, 2.45) is 5.92 Å². The lowest BCUT2D eigenvalue weighted by atomic mass is 9.97. The maximum absolute atomic E-state index is 12.8. The second kappa shape index (κ2) is 8.98. The van der Waals surface area contributed by atoms with Gasteiger partial charge in [-0.1, -0.05) is 41.0 Å². The van der Waals surface area contributed by atoms with Gasteiger partial charge in [-0.15, -0.1) is 0 Å². The maximum Gasteiger partial charge on any atom is 0.241 e. The summed E-state index contributed by atoms with van der Waals surface area (Å²) in [7, 11) is 0. The molecule has 1 fully saturated rings. The number of hydrogen-bond donors (Lipinski definition) is 1. The van der Waals surface area contributed by atoms with E-state index >= 15 is 0 Å². The molecule has 0 spiro atoms. The summed E-state index contributed by atoms with van der Waals surface area (Å²) in [4.78, 5) is 19.6. The highest BCUT2D eigenvalue weighted by Crippen LogP contribution is 2.24. The Morgan fingerprint density at radius 1 is 1.23 bits per heavy atom. The van der Waals surface area contributed by atoms with E-state index in [1.165, 1.54) is 0 Å². The third-order valence-electron chi connectivity index (χ3n) is 5.54. The van der Waals surface area contributed by atoms with Crippen molar-refractivity contribution >= 4 is 23.2 Å². The molecule has 1 aliphatic heterocycles. The van der Waals surface area contributed by atoms with Crippen molar-refractivity contribution < 1.29 is 9.32 Å². The number of hydrogen-bond acceptors (Lipinski definition) is 5. The minimum Gasteiger partial charge on any atom is -0.338 e. The number of nitrogens with zero attached hydrogens (tertiary/aromatic N) is 3. The van der Waals surface area contributed by atoms with Crippen LogP contribution in [0.4, 0.5) is 5.69 Å². The maximum atomic E-state index is 12.8. The van der Waals surface area contributed by atoms with Crippen LogP contribution in [0.5, 0.6) is 0 Å². The molecule has 0 bridgehead atoms. The standard InChI is InChI=1S/C23H25ClN4O2/c1-15-6-3-4-8-19(15)22-26-21(30-27-22)14-28-11-5-7-17(13-28)23(29)25-20-10-9-18(24)12-16(20)2/h3-4,6,8-10,12,17H,5,7,11,13-14H2,1-2H3,(H,25,29). The largest absolute Gasteiger partial charge is 0.338 e. The molecule has 6 nitrogen and oxygen atoms in total. The molecule has 3 aromatic rings. The van der Waals surface area contributed by atoms with E-state index in [1.54, 1.807) is 6.07 Å². The number of amides is 1. The Balaban J connectivity index is 1.38. The number of carbonyl (C=O) groups is 1. The molecule has 2 aromatic carbocycles. The highest BCUT2D eigenvalue weighted by molar-refractivity contribution is 6.30. The average molecular weight is 425 g/mol. The second-order valence-corrected chi connectivity index (χ2v) is 8.29. The van der Waals surface area contributed by atoms with E-state index in [4.69, 9.17) is 16.1 Å². The monoisotopic (exact) mass is 424 g/mol. The van der Waals surface area contributed by atoms with Gasteiger partial charge in [0.1, 0.15) is 0 Å². The molecular formula is C23H25ClN4O2. The third kappa shape index (κ3) is 4.71. The zero-order chi connectivity index (χ0) is 21.1. The first-order chi connectivity index (χ1) is 14.5. The van der Waals surface area contributed by atoms with Crippen molar-refractivity contribution in [2.45, 2.75) is 33.2 Å². The van der Waals surface area contributed by atoms with Gasteiger partial charge in [-0.25, -0.2) is 0 Å². The SMILES string of the molecule is Cc1cc(Cl)ccc1NC(=O)C1CCCN(Cc2nc(-c3ccccc3C)no2)C1. The number of aromatic nitrogens is 2. The topological polar surface area (TPSA) is 71.3 Å². The Labute approximate surface area is 181 Å². The Hall–Kier alpha value is -2.70. The summed E-state index contributed by atoms with van der Waals surface area (Å²) in [5.74, 6) is 1.14. The van der Waals surface area contributed by atoms with Crippen LogP contribution in [0.3, 0.4) is 0 Å². The highest BCUT2D eigenvalue weighted by atomic mass is 35.5. The van der Waals surface area contributed by atoms with Crippen LogP contribution in [0.2, 0.25) is 5.02 Å². The van der Waals surface area contributed by atoms with Crippen molar-refractivity contribution in [3.63, 3.8) is 0 Å². The van der Waals surface area contributed by atoms with Gasteiger partial charge < -0.3 is 9.84 Å². The average Bonchev–Trinajstić information content (AvgIpc) is 3.19. The summed E-state index contributed by atoms with van der Waals surface area (Å²) in [6.07, 6.45) is 1.82. The summed E-state index contributed by atoms with van der Waals surface area (Å²) in [5.41, 5.74) is 3.85. The Morgan fingerprint density at radius 3 is 2.87 bits per heavy atom. The molecule has 0 radical (unpaired) electrons. The van der Waals surface area contributed by atoms with Crippen LogP contribution in [0.25, 0.3) is 11.4 Å². The fraction of sp³-hybridized carbons (Fsp3) is 0.348. The van der Waals surface area contributed by atoms with Crippen LogP contribution in [0, 0.1) is 19.8 Å². The second-order valence-electron chi connectivity index (χ2n) is 7.85. The molecule has 30 heavy (non-hydrogen) atoms. The molecule has 1 unspecified atom stereocenters. The highest BCUT2D eigenvalue weighted by Gasteiger charge is 2.27. The molecule has 1 amide bonds. The summed E-state index contributed by atoms with van der Waals surface area (Å²) in [6, 6.07) is 13.5. The van der Waals surface area contributed by atoms with Gasteiger partial charge in [0.2, 0.25) is 17.6 Å². The molecule has 1 atom stereocenters. The first kappa shape index (κ1) is 20.6. The van der Waals surface area contributed by atoms with Crippen molar-refractivity contribution in [1.29, 1.82) is 0 Å². The summed E-state index contributed by atoms with van der Waals surface area (Å²) < 4.78 is 5.48. The molecule has 1 aliphatic rings. The summed E-state index contributed by atoms with van der Waals surface area (Å²) >= 11 is 6.01. The van der Waals surface area contributed by atoms with Crippen molar-refractivity contribution in [3.05, 3.63) is 64.5 Å². The molecular weight excluding hydrogens is 400 g/mol. The third-order valence-corrected chi connectivity index (χ3v) is 5.77. The quantitative estimate of drug-likeness (QED) is 0.633. The van der Waals surface area contributed by atoms with Crippen LogP contribution in [-0.4, -0.2) is 34.0 Å². The molecule has 0 saturated carbocycles. The van der Waals surface area contributed by atoms with Crippen LogP contribution in [0.15, 0.2) is 47.0 Å². The van der Waals surface area contributed by atoms with Gasteiger partial charge in [-0.2, -0.15) is 4.98 Å². The fourth-order valence-corrected chi connectivity index (χ4v) is 4.09. The van der Waals surface area contributed by atoms with E-state index in [9.17, 15) is 4.79 Å². The molecule has 0 aliphatic carbocycles. The van der Waals surface area contributed by atoms with E-state index in [1.807, 2.05) is 50.2 Å². The molecule has 156 valence electrons.